The highest BCUT2D eigenvalue weighted by Crippen LogP contribution is 2.36. The van der Waals surface area contributed by atoms with Crippen LogP contribution in [0.25, 0.3) is 21.9 Å². The summed E-state index contributed by atoms with van der Waals surface area (Å²) in [6, 6.07) is 11.2. The molecular formula is C20H22N2O4. The Bertz CT molecular complexity index is 930. The molecule has 0 bridgehead atoms. The predicted molar refractivity (Wildman–Crippen MR) is 101 cm³/mol. The SMILES string of the molecule is COc1cc2c(cc1NC(=O)NCCOCC1CC1)oc1ccccc12. The Hall–Kier alpha value is -2.73. The Morgan fingerprint density at radius 1 is 1.19 bits per heavy atom. The fourth-order valence-corrected chi connectivity index (χ4v) is 2.96. The van der Waals surface area contributed by atoms with E-state index in [1.54, 1.807) is 13.2 Å². The third-order valence-electron chi connectivity index (χ3n) is 4.53. The number of carbonyl (C=O) groups excluding carboxylic acids is 1. The lowest BCUT2D eigenvalue weighted by Gasteiger charge is -2.11. The van der Waals surface area contributed by atoms with Crippen LogP contribution in [0.15, 0.2) is 40.8 Å². The number of hydrogen-bond donors (Lipinski definition) is 2. The Morgan fingerprint density at radius 3 is 2.85 bits per heavy atom. The van der Waals surface area contributed by atoms with Gasteiger partial charge in [-0.05, 0) is 30.9 Å². The maximum Gasteiger partial charge on any atom is 0.319 e. The van der Waals surface area contributed by atoms with E-state index in [0.29, 0.717) is 30.2 Å². The molecule has 0 saturated heterocycles. The van der Waals surface area contributed by atoms with E-state index in [4.69, 9.17) is 13.9 Å². The summed E-state index contributed by atoms with van der Waals surface area (Å²) >= 11 is 0. The van der Waals surface area contributed by atoms with Gasteiger partial charge >= 0.3 is 6.03 Å². The van der Waals surface area contributed by atoms with E-state index in [2.05, 4.69) is 10.6 Å². The smallest absolute Gasteiger partial charge is 0.319 e. The number of ether oxygens (including phenoxy) is 2. The summed E-state index contributed by atoms with van der Waals surface area (Å²) in [6.07, 6.45) is 2.52. The van der Waals surface area contributed by atoms with Crippen molar-refractivity contribution in [2.24, 2.45) is 5.92 Å². The standard InChI is InChI=1S/C20H22N2O4/c1-24-19-10-15-14-4-2-3-5-17(14)26-18(15)11-16(19)22-20(23)21-8-9-25-12-13-6-7-13/h2-5,10-11,13H,6-9,12H2,1H3,(H2,21,22,23). The molecule has 0 spiro atoms. The zero-order valence-corrected chi connectivity index (χ0v) is 14.7. The minimum Gasteiger partial charge on any atom is -0.495 e. The summed E-state index contributed by atoms with van der Waals surface area (Å²) in [7, 11) is 1.58. The number of urea groups is 1. The van der Waals surface area contributed by atoms with E-state index in [1.807, 2.05) is 30.3 Å². The molecule has 6 heteroatoms. The maximum absolute atomic E-state index is 12.1. The highest BCUT2D eigenvalue weighted by molar-refractivity contribution is 6.07. The number of carbonyl (C=O) groups is 1. The number of methoxy groups -OCH3 is 1. The number of hydrogen-bond acceptors (Lipinski definition) is 4. The second-order valence-electron chi connectivity index (χ2n) is 6.55. The van der Waals surface area contributed by atoms with Gasteiger partial charge in [-0.3, -0.25) is 0 Å². The molecule has 2 aromatic carbocycles. The van der Waals surface area contributed by atoms with Crippen molar-refractivity contribution in [1.82, 2.24) is 5.32 Å². The number of para-hydroxylation sites is 1. The van der Waals surface area contributed by atoms with Crippen LogP contribution in [-0.2, 0) is 4.74 Å². The minimum atomic E-state index is -0.297. The van der Waals surface area contributed by atoms with Crippen LogP contribution in [0.2, 0.25) is 0 Å². The van der Waals surface area contributed by atoms with Crippen molar-refractivity contribution in [3.63, 3.8) is 0 Å². The van der Waals surface area contributed by atoms with Gasteiger partial charge in [0.15, 0.2) is 0 Å². The number of benzene rings is 2. The summed E-state index contributed by atoms with van der Waals surface area (Å²) in [5, 5.41) is 7.58. The van der Waals surface area contributed by atoms with Gasteiger partial charge in [-0.1, -0.05) is 18.2 Å². The van der Waals surface area contributed by atoms with Gasteiger partial charge in [-0.25, -0.2) is 4.79 Å². The molecule has 1 aromatic heterocycles. The third-order valence-corrected chi connectivity index (χ3v) is 4.53. The van der Waals surface area contributed by atoms with Crippen LogP contribution < -0.4 is 15.4 Å². The number of fused-ring (bicyclic) bond motifs is 3. The number of furan rings is 1. The number of anilines is 1. The van der Waals surface area contributed by atoms with Gasteiger partial charge in [0, 0.05) is 30.0 Å². The van der Waals surface area contributed by atoms with Gasteiger partial charge in [0.05, 0.1) is 19.4 Å². The highest BCUT2D eigenvalue weighted by Gasteiger charge is 2.21. The largest absolute Gasteiger partial charge is 0.495 e. The molecule has 0 atom stereocenters. The van der Waals surface area contributed by atoms with Crippen molar-refractivity contribution in [3.05, 3.63) is 36.4 Å². The molecule has 0 aliphatic heterocycles. The van der Waals surface area contributed by atoms with Crippen LogP contribution in [-0.4, -0.2) is 32.9 Å². The second-order valence-corrected chi connectivity index (χ2v) is 6.55. The first kappa shape index (κ1) is 16.7. The molecule has 1 saturated carbocycles. The van der Waals surface area contributed by atoms with E-state index < -0.39 is 0 Å². The number of nitrogens with one attached hydrogen (secondary N) is 2. The Labute approximate surface area is 151 Å². The molecule has 136 valence electrons. The lowest BCUT2D eigenvalue weighted by molar-refractivity contribution is 0.127. The zero-order chi connectivity index (χ0) is 17.9. The van der Waals surface area contributed by atoms with Crippen molar-refractivity contribution >= 4 is 33.7 Å². The van der Waals surface area contributed by atoms with Crippen LogP contribution >= 0.6 is 0 Å². The Balaban J connectivity index is 1.44. The molecule has 2 amide bonds. The summed E-state index contributed by atoms with van der Waals surface area (Å²) in [4.78, 5) is 12.1. The average molecular weight is 354 g/mol. The van der Waals surface area contributed by atoms with Crippen molar-refractivity contribution in [3.8, 4) is 5.75 Å². The predicted octanol–water partition coefficient (Wildman–Crippen LogP) is 4.14. The normalized spacial score (nSPS) is 13.9. The van der Waals surface area contributed by atoms with E-state index in [-0.39, 0.29) is 6.03 Å². The van der Waals surface area contributed by atoms with Crippen LogP contribution in [0.3, 0.4) is 0 Å². The summed E-state index contributed by atoms with van der Waals surface area (Å²) in [5.41, 5.74) is 2.07. The lowest BCUT2D eigenvalue weighted by Crippen LogP contribution is -2.31. The molecular weight excluding hydrogens is 332 g/mol. The number of amides is 2. The first-order valence-corrected chi connectivity index (χ1v) is 8.86. The molecule has 6 nitrogen and oxygen atoms in total. The van der Waals surface area contributed by atoms with Gasteiger partial charge in [-0.15, -0.1) is 0 Å². The molecule has 26 heavy (non-hydrogen) atoms. The van der Waals surface area contributed by atoms with Gasteiger partial charge in [0.2, 0.25) is 0 Å². The van der Waals surface area contributed by atoms with Crippen molar-refractivity contribution in [1.29, 1.82) is 0 Å². The topological polar surface area (TPSA) is 72.7 Å². The van der Waals surface area contributed by atoms with Crippen LogP contribution in [0.1, 0.15) is 12.8 Å². The molecule has 2 N–H and O–H groups in total. The molecule has 0 unspecified atom stereocenters. The highest BCUT2D eigenvalue weighted by atomic mass is 16.5. The van der Waals surface area contributed by atoms with E-state index >= 15 is 0 Å². The monoisotopic (exact) mass is 354 g/mol. The molecule has 4 rings (SSSR count). The second kappa shape index (κ2) is 7.25. The summed E-state index contributed by atoms with van der Waals surface area (Å²) < 4.78 is 16.8. The maximum atomic E-state index is 12.1. The molecule has 1 aliphatic rings. The van der Waals surface area contributed by atoms with E-state index in [0.717, 1.165) is 28.9 Å². The first-order chi connectivity index (χ1) is 12.7. The minimum absolute atomic E-state index is 0.297. The van der Waals surface area contributed by atoms with Crippen LogP contribution in [0.5, 0.6) is 5.75 Å². The van der Waals surface area contributed by atoms with E-state index in [9.17, 15) is 4.79 Å². The first-order valence-electron chi connectivity index (χ1n) is 8.86. The van der Waals surface area contributed by atoms with E-state index in [1.165, 1.54) is 12.8 Å². The van der Waals surface area contributed by atoms with Crippen LogP contribution in [0, 0.1) is 5.92 Å². The summed E-state index contributed by atoms with van der Waals surface area (Å²) in [5.74, 6) is 1.31. The van der Waals surface area contributed by atoms with Gasteiger partial charge in [0.25, 0.3) is 0 Å². The Morgan fingerprint density at radius 2 is 2.04 bits per heavy atom. The fourth-order valence-electron chi connectivity index (χ4n) is 2.96. The van der Waals surface area contributed by atoms with Gasteiger partial charge in [-0.2, -0.15) is 0 Å². The molecule has 1 aliphatic carbocycles. The molecule has 3 aromatic rings. The quantitative estimate of drug-likeness (QED) is 0.626. The zero-order valence-electron chi connectivity index (χ0n) is 14.7. The van der Waals surface area contributed by atoms with Crippen LogP contribution in [0.4, 0.5) is 10.5 Å². The lowest BCUT2D eigenvalue weighted by atomic mass is 10.1. The average Bonchev–Trinajstić information content (AvgIpc) is 3.40. The van der Waals surface area contributed by atoms with Crippen molar-refractivity contribution in [2.45, 2.75) is 12.8 Å². The fraction of sp³-hybridized carbons (Fsp3) is 0.350. The molecule has 0 radical (unpaired) electrons. The number of rotatable bonds is 7. The molecule has 1 fully saturated rings. The molecule has 1 heterocycles. The summed E-state index contributed by atoms with van der Waals surface area (Å²) in [6.45, 7) is 1.78. The van der Waals surface area contributed by atoms with Crippen molar-refractivity contribution in [2.75, 3.05) is 32.2 Å². The van der Waals surface area contributed by atoms with Gasteiger partial charge < -0.3 is 24.5 Å². The van der Waals surface area contributed by atoms with Crippen molar-refractivity contribution < 1.29 is 18.7 Å². The Kier molecular flexibility index (Phi) is 4.67. The third kappa shape index (κ3) is 3.60. The van der Waals surface area contributed by atoms with Gasteiger partial charge in [0.1, 0.15) is 16.9 Å².